The van der Waals surface area contributed by atoms with Gasteiger partial charge in [0, 0.05) is 5.56 Å². The Bertz CT molecular complexity index is 1250. The summed E-state index contributed by atoms with van der Waals surface area (Å²) in [6.07, 6.45) is 0. The Kier molecular flexibility index (Phi) is 7.68. The van der Waals surface area contributed by atoms with E-state index in [9.17, 15) is 4.79 Å². The monoisotopic (exact) mass is 473 g/mol. The van der Waals surface area contributed by atoms with Gasteiger partial charge in [-0.15, -0.1) is 0 Å². The molecule has 0 fully saturated rings. The lowest BCUT2D eigenvalue weighted by Crippen LogP contribution is -2.13. The molecule has 0 unspecified atom stereocenters. The van der Waals surface area contributed by atoms with Gasteiger partial charge in [-0.1, -0.05) is 72.3 Å². The van der Waals surface area contributed by atoms with E-state index in [0.29, 0.717) is 52.5 Å². The van der Waals surface area contributed by atoms with Crippen LogP contribution >= 0.6 is 11.6 Å². The third-order valence-electron chi connectivity index (χ3n) is 4.90. The van der Waals surface area contributed by atoms with E-state index in [-0.39, 0.29) is 5.91 Å². The van der Waals surface area contributed by atoms with Crippen LogP contribution in [0.3, 0.4) is 0 Å². The van der Waals surface area contributed by atoms with E-state index in [1.807, 2.05) is 79.7 Å². The SMILES string of the molecule is CCOc1cc(C(=O)Nc2ccccc2Oc2ccccc2)cc(Cl)c1OCc1ccccc1. The van der Waals surface area contributed by atoms with E-state index in [1.54, 1.807) is 24.3 Å². The third-order valence-corrected chi connectivity index (χ3v) is 5.18. The number of hydrogen-bond acceptors (Lipinski definition) is 4. The van der Waals surface area contributed by atoms with E-state index in [0.717, 1.165) is 5.56 Å². The standard InChI is InChI=1S/C28H24ClNO4/c1-2-32-26-18-21(17-23(29)27(26)33-19-20-11-5-3-6-12-20)28(31)30-24-15-9-10-16-25(24)34-22-13-7-4-8-14-22/h3-18H,2,19H2,1H3,(H,30,31). The summed E-state index contributed by atoms with van der Waals surface area (Å²) in [6, 6.07) is 29.6. The maximum absolute atomic E-state index is 13.1. The van der Waals surface area contributed by atoms with Crippen LogP contribution in [0.5, 0.6) is 23.0 Å². The number of hydrogen-bond donors (Lipinski definition) is 1. The number of benzene rings is 4. The molecule has 4 rings (SSSR count). The van der Waals surface area contributed by atoms with Gasteiger partial charge >= 0.3 is 0 Å². The average Bonchev–Trinajstić information content (AvgIpc) is 2.86. The van der Waals surface area contributed by atoms with Gasteiger partial charge in [0.1, 0.15) is 12.4 Å². The second kappa shape index (κ2) is 11.3. The number of para-hydroxylation sites is 3. The van der Waals surface area contributed by atoms with Gasteiger partial charge in [-0.05, 0) is 48.9 Å². The van der Waals surface area contributed by atoms with Crippen LogP contribution in [0.2, 0.25) is 5.02 Å². The van der Waals surface area contributed by atoms with Crippen molar-refractivity contribution in [3.8, 4) is 23.0 Å². The number of carbonyl (C=O) groups is 1. The maximum atomic E-state index is 13.1. The first-order valence-electron chi connectivity index (χ1n) is 10.9. The summed E-state index contributed by atoms with van der Waals surface area (Å²) in [6.45, 7) is 2.59. The lowest BCUT2D eigenvalue weighted by molar-refractivity contribution is 0.102. The Morgan fingerprint density at radius 2 is 1.50 bits per heavy atom. The van der Waals surface area contributed by atoms with Crippen molar-refractivity contribution in [3.05, 3.63) is 113 Å². The van der Waals surface area contributed by atoms with Crippen LogP contribution in [0.15, 0.2) is 97.1 Å². The highest BCUT2D eigenvalue weighted by Gasteiger charge is 2.18. The fourth-order valence-corrected chi connectivity index (χ4v) is 3.57. The van der Waals surface area contributed by atoms with Crippen molar-refractivity contribution in [2.45, 2.75) is 13.5 Å². The van der Waals surface area contributed by atoms with Gasteiger partial charge < -0.3 is 19.5 Å². The Hall–Kier alpha value is -3.96. The quantitative estimate of drug-likeness (QED) is 0.276. The van der Waals surface area contributed by atoms with Gasteiger partial charge in [0.15, 0.2) is 17.2 Å². The van der Waals surface area contributed by atoms with Gasteiger partial charge in [0.2, 0.25) is 0 Å². The van der Waals surface area contributed by atoms with Crippen LogP contribution in [0, 0.1) is 0 Å². The topological polar surface area (TPSA) is 56.8 Å². The molecule has 5 nitrogen and oxygen atoms in total. The summed E-state index contributed by atoms with van der Waals surface area (Å²) < 4.78 is 17.6. The smallest absolute Gasteiger partial charge is 0.255 e. The highest BCUT2D eigenvalue weighted by Crippen LogP contribution is 2.38. The molecule has 0 radical (unpaired) electrons. The van der Waals surface area contributed by atoms with Gasteiger partial charge in [-0.25, -0.2) is 0 Å². The molecule has 4 aromatic rings. The molecule has 34 heavy (non-hydrogen) atoms. The Balaban J connectivity index is 1.54. The van der Waals surface area contributed by atoms with E-state index in [2.05, 4.69) is 5.32 Å². The molecule has 0 aliphatic rings. The summed E-state index contributed by atoms with van der Waals surface area (Å²) in [5.41, 5.74) is 1.88. The molecular formula is C28H24ClNO4. The van der Waals surface area contributed by atoms with E-state index in [1.165, 1.54) is 0 Å². The summed E-state index contributed by atoms with van der Waals surface area (Å²) in [7, 11) is 0. The second-order valence-electron chi connectivity index (χ2n) is 7.36. The zero-order valence-electron chi connectivity index (χ0n) is 18.7. The van der Waals surface area contributed by atoms with Crippen LogP contribution in [0.4, 0.5) is 5.69 Å². The summed E-state index contributed by atoms with van der Waals surface area (Å²) in [5.74, 6) is 1.66. The Morgan fingerprint density at radius 3 is 2.24 bits per heavy atom. The first-order chi connectivity index (χ1) is 16.6. The molecule has 0 aliphatic heterocycles. The number of carbonyl (C=O) groups excluding carboxylic acids is 1. The third kappa shape index (κ3) is 5.88. The predicted molar refractivity (Wildman–Crippen MR) is 134 cm³/mol. The second-order valence-corrected chi connectivity index (χ2v) is 7.77. The molecule has 1 amide bonds. The van der Waals surface area contributed by atoms with E-state index < -0.39 is 0 Å². The van der Waals surface area contributed by atoms with Gasteiger partial charge in [-0.3, -0.25) is 4.79 Å². The van der Waals surface area contributed by atoms with Crippen LogP contribution in [0.25, 0.3) is 0 Å². The minimum Gasteiger partial charge on any atom is -0.490 e. The molecule has 0 atom stereocenters. The van der Waals surface area contributed by atoms with Crippen molar-refractivity contribution in [1.82, 2.24) is 0 Å². The van der Waals surface area contributed by atoms with E-state index >= 15 is 0 Å². The first kappa shape index (κ1) is 23.2. The maximum Gasteiger partial charge on any atom is 0.255 e. The van der Waals surface area contributed by atoms with Crippen LogP contribution < -0.4 is 19.5 Å². The van der Waals surface area contributed by atoms with Crippen molar-refractivity contribution < 1.29 is 19.0 Å². The Labute approximate surface area is 203 Å². The molecule has 4 aromatic carbocycles. The van der Waals surface area contributed by atoms with Crippen molar-refractivity contribution in [3.63, 3.8) is 0 Å². The molecule has 0 aliphatic carbocycles. The molecule has 0 aromatic heterocycles. The van der Waals surface area contributed by atoms with Crippen molar-refractivity contribution in [2.75, 3.05) is 11.9 Å². The molecule has 0 bridgehead atoms. The average molecular weight is 474 g/mol. The Morgan fingerprint density at radius 1 is 0.824 bits per heavy atom. The zero-order chi connectivity index (χ0) is 23.8. The first-order valence-corrected chi connectivity index (χ1v) is 11.3. The number of rotatable bonds is 9. The number of nitrogens with one attached hydrogen (secondary N) is 1. The molecule has 0 saturated carbocycles. The number of halogens is 1. The molecule has 1 N–H and O–H groups in total. The largest absolute Gasteiger partial charge is 0.490 e. The lowest BCUT2D eigenvalue weighted by Gasteiger charge is -2.16. The molecule has 0 spiro atoms. The van der Waals surface area contributed by atoms with Crippen molar-refractivity contribution in [2.24, 2.45) is 0 Å². The molecule has 0 heterocycles. The molecular weight excluding hydrogens is 450 g/mol. The van der Waals surface area contributed by atoms with Crippen LogP contribution in [-0.2, 0) is 6.61 Å². The predicted octanol–water partition coefficient (Wildman–Crippen LogP) is 7.36. The van der Waals surface area contributed by atoms with Gasteiger partial charge in [-0.2, -0.15) is 0 Å². The van der Waals surface area contributed by atoms with Crippen LogP contribution in [0.1, 0.15) is 22.8 Å². The fraction of sp³-hybridized carbons (Fsp3) is 0.107. The zero-order valence-corrected chi connectivity index (χ0v) is 19.4. The van der Waals surface area contributed by atoms with E-state index in [4.69, 9.17) is 25.8 Å². The summed E-state index contributed by atoms with van der Waals surface area (Å²) in [5, 5.41) is 3.19. The normalized spacial score (nSPS) is 10.4. The van der Waals surface area contributed by atoms with Crippen molar-refractivity contribution >= 4 is 23.2 Å². The highest BCUT2D eigenvalue weighted by molar-refractivity contribution is 6.32. The van der Waals surface area contributed by atoms with Crippen molar-refractivity contribution in [1.29, 1.82) is 0 Å². The van der Waals surface area contributed by atoms with Gasteiger partial charge in [0.05, 0.1) is 17.3 Å². The number of ether oxygens (including phenoxy) is 3. The molecule has 6 heteroatoms. The van der Waals surface area contributed by atoms with Gasteiger partial charge in [0.25, 0.3) is 5.91 Å². The molecule has 172 valence electrons. The highest BCUT2D eigenvalue weighted by atomic mass is 35.5. The number of anilines is 1. The molecule has 0 saturated heterocycles. The summed E-state index contributed by atoms with van der Waals surface area (Å²) >= 11 is 6.51. The fourth-order valence-electron chi connectivity index (χ4n) is 3.30. The lowest BCUT2D eigenvalue weighted by atomic mass is 10.1. The number of amides is 1. The minimum absolute atomic E-state index is 0.292. The van der Waals surface area contributed by atoms with Crippen LogP contribution in [-0.4, -0.2) is 12.5 Å². The summed E-state index contributed by atoms with van der Waals surface area (Å²) in [4.78, 5) is 13.1. The minimum atomic E-state index is -0.346.